The summed E-state index contributed by atoms with van der Waals surface area (Å²) in [6, 6.07) is 15.3. The number of unbranched alkanes of at least 4 members (excludes halogenated alkanes) is 5. The van der Waals surface area contributed by atoms with E-state index in [-0.39, 0.29) is 23.2 Å². The average molecular weight is 539 g/mol. The van der Waals surface area contributed by atoms with E-state index in [0.717, 1.165) is 36.8 Å². The maximum Gasteiger partial charge on any atom is 0.201 e. The number of hydrogen-bond donors (Lipinski definition) is 0. The second-order valence-electron chi connectivity index (χ2n) is 10.7. The SMILES string of the molecule is CCCCCCCC1CCC(c2ccc(-c3ccc(-c4ccc(OCCCC)c(F)c4F)cc3)cc2F)OC1. The molecule has 1 heterocycles. The molecule has 0 radical (unpaired) electrons. The van der Waals surface area contributed by atoms with E-state index < -0.39 is 11.6 Å². The largest absolute Gasteiger partial charge is 0.490 e. The van der Waals surface area contributed by atoms with Crippen molar-refractivity contribution in [2.75, 3.05) is 13.2 Å². The zero-order valence-corrected chi connectivity index (χ0v) is 23.3. The summed E-state index contributed by atoms with van der Waals surface area (Å²) >= 11 is 0. The standard InChI is InChI=1S/C34H41F3O2/c1-3-5-7-8-9-10-24-11-19-31(39-23-24)29-17-16-27(22-30(29)35)25-12-14-26(15-13-25)28-18-20-32(34(37)33(28)36)38-21-6-4-2/h12-18,20,22,24,31H,3-11,19,21,23H2,1-2H3. The third-order valence-electron chi connectivity index (χ3n) is 7.77. The fourth-order valence-corrected chi connectivity index (χ4v) is 5.32. The molecule has 1 aliphatic heterocycles. The van der Waals surface area contributed by atoms with Gasteiger partial charge in [-0.1, -0.05) is 88.8 Å². The van der Waals surface area contributed by atoms with Gasteiger partial charge < -0.3 is 9.47 Å². The molecule has 0 bridgehead atoms. The predicted molar refractivity (Wildman–Crippen MR) is 152 cm³/mol. The van der Waals surface area contributed by atoms with Crippen molar-refractivity contribution in [2.45, 2.75) is 84.2 Å². The molecule has 1 fully saturated rings. The molecule has 3 aromatic carbocycles. The Balaban J connectivity index is 1.37. The molecule has 39 heavy (non-hydrogen) atoms. The van der Waals surface area contributed by atoms with Gasteiger partial charge in [0, 0.05) is 11.1 Å². The molecule has 0 aromatic heterocycles. The number of benzene rings is 3. The topological polar surface area (TPSA) is 18.5 Å². The minimum Gasteiger partial charge on any atom is -0.490 e. The monoisotopic (exact) mass is 538 g/mol. The van der Waals surface area contributed by atoms with Gasteiger partial charge in [-0.3, -0.25) is 0 Å². The summed E-state index contributed by atoms with van der Waals surface area (Å²) < 4.78 is 55.9. The Kier molecular flexibility index (Phi) is 10.9. The Labute approximate surface area is 231 Å². The summed E-state index contributed by atoms with van der Waals surface area (Å²) in [6.07, 6.45) is 11.0. The zero-order valence-electron chi connectivity index (χ0n) is 23.3. The van der Waals surface area contributed by atoms with E-state index in [2.05, 4.69) is 6.92 Å². The maximum absolute atomic E-state index is 15.1. The Hall–Kier alpha value is -2.79. The smallest absolute Gasteiger partial charge is 0.201 e. The molecule has 210 valence electrons. The summed E-state index contributed by atoms with van der Waals surface area (Å²) in [5, 5.41) is 0. The van der Waals surface area contributed by atoms with Crippen LogP contribution in [0.25, 0.3) is 22.3 Å². The van der Waals surface area contributed by atoms with E-state index in [0.29, 0.717) is 30.3 Å². The lowest BCUT2D eigenvalue weighted by atomic mass is 9.90. The van der Waals surface area contributed by atoms with Gasteiger partial charge in [-0.05, 0) is 66.5 Å². The molecule has 1 saturated heterocycles. The third kappa shape index (κ3) is 7.66. The van der Waals surface area contributed by atoms with Gasteiger partial charge in [-0.15, -0.1) is 0 Å². The van der Waals surface area contributed by atoms with Crippen LogP contribution in [-0.4, -0.2) is 13.2 Å². The Morgan fingerprint density at radius 2 is 1.46 bits per heavy atom. The highest BCUT2D eigenvalue weighted by Gasteiger charge is 2.25. The highest BCUT2D eigenvalue weighted by atomic mass is 19.2. The van der Waals surface area contributed by atoms with Crippen molar-refractivity contribution >= 4 is 0 Å². The van der Waals surface area contributed by atoms with Crippen LogP contribution in [0.5, 0.6) is 5.75 Å². The van der Waals surface area contributed by atoms with Gasteiger partial charge in [0.1, 0.15) is 5.82 Å². The molecule has 0 N–H and O–H groups in total. The first-order valence-electron chi connectivity index (χ1n) is 14.6. The van der Waals surface area contributed by atoms with E-state index in [1.54, 1.807) is 24.3 Å². The molecule has 5 heteroatoms. The normalized spacial score (nSPS) is 17.4. The van der Waals surface area contributed by atoms with Gasteiger partial charge >= 0.3 is 0 Å². The molecule has 0 aliphatic carbocycles. The Bertz CT molecular complexity index is 1180. The van der Waals surface area contributed by atoms with Crippen molar-refractivity contribution in [1.29, 1.82) is 0 Å². The summed E-state index contributed by atoms with van der Waals surface area (Å²) in [5.41, 5.74) is 2.85. The second kappa shape index (κ2) is 14.6. The van der Waals surface area contributed by atoms with E-state index in [4.69, 9.17) is 9.47 Å². The predicted octanol–water partition coefficient (Wildman–Crippen LogP) is 10.4. The minimum absolute atomic E-state index is 0.0724. The van der Waals surface area contributed by atoms with Crippen molar-refractivity contribution in [3.63, 3.8) is 0 Å². The molecule has 2 unspecified atom stereocenters. The minimum atomic E-state index is -0.978. The van der Waals surface area contributed by atoms with Crippen LogP contribution in [0.2, 0.25) is 0 Å². The van der Waals surface area contributed by atoms with Crippen LogP contribution < -0.4 is 4.74 Å². The van der Waals surface area contributed by atoms with E-state index in [1.165, 1.54) is 56.7 Å². The summed E-state index contributed by atoms with van der Waals surface area (Å²) in [4.78, 5) is 0. The quantitative estimate of drug-likeness (QED) is 0.202. The van der Waals surface area contributed by atoms with Gasteiger partial charge in [-0.2, -0.15) is 4.39 Å². The molecule has 0 amide bonds. The van der Waals surface area contributed by atoms with E-state index in [9.17, 15) is 8.78 Å². The van der Waals surface area contributed by atoms with Crippen molar-refractivity contribution in [2.24, 2.45) is 5.92 Å². The molecule has 2 atom stereocenters. The number of hydrogen-bond acceptors (Lipinski definition) is 2. The molecule has 4 rings (SSSR count). The first-order valence-corrected chi connectivity index (χ1v) is 14.6. The molecule has 0 spiro atoms. The molecule has 3 aromatic rings. The lowest BCUT2D eigenvalue weighted by molar-refractivity contribution is -0.0215. The maximum atomic E-state index is 15.1. The van der Waals surface area contributed by atoms with Crippen LogP contribution in [0, 0.1) is 23.4 Å². The van der Waals surface area contributed by atoms with Crippen LogP contribution in [0.1, 0.15) is 89.7 Å². The van der Waals surface area contributed by atoms with Gasteiger partial charge in [0.05, 0.1) is 19.3 Å². The van der Waals surface area contributed by atoms with E-state index in [1.807, 2.05) is 19.1 Å². The molecule has 0 saturated carbocycles. The third-order valence-corrected chi connectivity index (χ3v) is 7.77. The Morgan fingerprint density at radius 1 is 0.744 bits per heavy atom. The fourth-order valence-electron chi connectivity index (χ4n) is 5.32. The van der Waals surface area contributed by atoms with E-state index >= 15 is 4.39 Å². The van der Waals surface area contributed by atoms with Crippen LogP contribution in [0.4, 0.5) is 13.2 Å². The van der Waals surface area contributed by atoms with Gasteiger partial charge in [0.15, 0.2) is 11.6 Å². The van der Waals surface area contributed by atoms with Crippen molar-refractivity contribution in [1.82, 2.24) is 0 Å². The van der Waals surface area contributed by atoms with Crippen molar-refractivity contribution in [3.8, 4) is 28.0 Å². The fraction of sp³-hybridized carbons (Fsp3) is 0.471. The highest BCUT2D eigenvalue weighted by Crippen LogP contribution is 2.36. The van der Waals surface area contributed by atoms with Gasteiger partial charge in [0.25, 0.3) is 0 Å². The second-order valence-corrected chi connectivity index (χ2v) is 10.7. The van der Waals surface area contributed by atoms with Crippen LogP contribution >= 0.6 is 0 Å². The van der Waals surface area contributed by atoms with Gasteiger partial charge in [0.2, 0.25) is 5.82 Å². The van der Waals surface area contributed by atoms with Crippen LogP contribution in [0.15, 0.2) is 54.6 Å². The lowest BCUT2D eigenvalue weighted by Gasteiger charge is -2.29. The number of ether oxygens (including phenoxy) is 2. The van der Waals surface area contributed by atoms with Crippen molar-refractivity contribution < 1.29 is 22.6 Å². The summed E-state index contributed by atoms with van der Waals surface area (Å²) in [6.45, 7) is 5.29. The van der Waals surface area contributed by atoms with Crippen molar-refractivity contribution in [3.05, 3.63) is 77.6 Å². The molecular weight excluding hydrogens is 497 g/mol. The number of halogens is 3. The summed E-state index contributed by atoms with van der Waals surface area (Å²) in [5.74, 6) is -1.68. The van der Waals surface area contributed by atoms with Gasteiger partial charge in [-0.25, -0.2) is 8.78 Å². The number of rotatable bonds is 13. The zero-order chi connectivity index (χ0) is 27.6. The first kappa shape index (κ1) is 29.2. The summed E-state index contributed by atoms with van der Waals surface area (Å²) in [7, 11) is 0. The molecule has 2 nitrogen and oxygen atoms in total. The lowest BCUT2D eigenvalue weighted by Crippen LogP contribution is -2.21. The Morgan fingerprint density at radius 3 is 2.15 bits per heavy atom. The average Bonchev–Trinajstić information content (AvgIpc) is 2.96. The molecular formula is C34H41F3O2. The van der Waals surface area contributed by atoms with Crippen LogP contribution in [0.3, 0.4) is 0 Å². The highest BCUT2D eigenvalue weighted by molar-refractivity contribution is 5.71. The first-order chi connectivity index (χ1) is 19.0. The van der Waals surface area contributed by atoms with Crippen LogP contribution in [-0.2, 0) is 4.74 Å². The molecule has 1 aliphatic rings.